The molecule has 0 aromatic rings. The van der Waals surface area contributed by atoms with Crippen molar-refractivity contribution >= 4 is 25.8 Å². The molecule has 1 unspecified atom stereocenters. The maximum atomic E-state index is 11.9. The van der Waals surface area contributed by atoms with Crippen LogP contribution in [0, 0.1) is 5.41 Å². The molecule has 1 atom stereocenters. The summed E-state index contributed by atoms with van der Waals surface area (Å²) in [5.41, 5.74) is 0.239. The molecule has 0 aliphatic heterocycles. The summed E-state index contributed by atoms with van der Waals surface area (Å²) in [6.07, 6.45) is 2.75. The summed E-state index contributed by atoms with van der Waals surface area (Å²) in [6.45, 7) is 11.9. The van der Waals surface area contributed by atoms with E-state index < -0.39 is 14.6 Å². The van der Waals surface area contributed by atoms with Crippen LogP contribution in [0.25, 0.3) is 0 Å². The molecule has 0 amide bonds. The second-order valence-corrected chi connectivity index (χ2v) is 10.7. The highest BCUT2D eigenvalue weighted by Crippen LogP contribution is 2.30. The topological polar surface area (TPSA) is 34.1 Å². The molecule has 2 nitrogen and oxygen atoms in total. The number of rotatable bonds is 5. The van der Waals surface area contributed by atoms with Gasteiger partial charge in [0.15, 0.2) is 9.84 Å². The van der Waals surface area contributed by atoms with Gasteiger partial charge < -0.3 is 0 Å². The van der Waals surface area contributed by atoms with Crippen LogP contribution in [-0.4, -0.2) is 23.7 Å². The summed E-state index contributed by atoms with van der Waals surface area (Å²) in [4.78, 5) is 0.451. The molecule has 0 rings (SSSR count). The molecule has 0 heterocycles. The van der Waals surface area contributed by atoms with Crippen LogP contribution >= 0.6 is 15.9 Å². The van der Waals surface area contributed by atoms with Crippen molar-refractivity contribution in [3.63, 3.8) is 0 Å². The highest BCUT2D eigenvalue weighted by atomic mass is 79.9. The predicted molar refractivity (Wildman–Crippen MR) is 79.6 cm³/mol. The van der Waals surface area contributed by atoms with Crippen LogP contribution in [0.2, 0.25) is 0 Å². The fourth-order valence-corrected chi connectivity index (χ4v) is 2.88. The first kappa shape index (κ1) is 17.4. The van der Waals surface area contributed by atoms with Gasteiger partial charge in [-0.1, -0.05) is 43.1 Å². The van der Waals surface area contributed by atoms with Gasteiger partial charge in [0.05, 0.1) is 10.5 Å². The summed E-state index contributed by atoms with van der Waals surface area (Å²) < 4.78 is 23.1. The summed E-state index contributed by atoms with van der Waals surface area (Å²) >= 11 is 3.67. The molecule has 17 heavy (non-hydrogen) atoms. The molecule has 0 aromatic heterocycles. The Hall–Kier alpha value is 0.430. The van der Waals surface area contributed by atoms with Crippen molar-refractivity contribution in [2.24, 2.45) is 5.41 Å². The summed E-state index contributed by atoms with van der Waals surface area (Å²) in [7, 11) is -2.95. The fraction of sp³-hybridized carbons (Fsp3) is 1.00. The van der Waals surface area contributed by atoms with E-state index in [4.69, 9.17) is 0 Å². The van der Waals surface area contributed by atoms with E-state index >= 15 is 0 Å². The lowest BCUT2D eigenvalue weighted by molar-refractivity contribution is 0.379. The Morgan fingerprint density at radius 1 is 1.00 bits per heavy atom. The minimum absolute atomic E-state index is 0.239. The first-order chi connectivity index (χ1) is 7.38. The van der Waals surface area contributed by atoms with Crippen LogP contribution in [0.4, 0.5) is 0 Å². The van der Waals surface area contributed by atoms with Crippen LogP contribution in [0.15, 0.2) is 0 Å². The molecule has 0 fully saturated rings. The Bertz CT molecular complexity index is 320. The van der Waals surface area contributed by atoms with E-state index in [0.717, 1.165) is 19.3 Å². The standard InChI is InChI=1S/C13H27BrO2S/c1-12(2,3)11(14)9-7-8-10-17(15,16)13(4,5)6/h11H,7-10H2,1-6H3. The highest BCUT2D eigenvalue weighted by Gasteiger charge is 2.28. The number of unbranched alkanes of at least 4 members (excludes halogenated alkanes) is 1. The van der Waals surface area contributed by atoms with Crippen LogP contribution in [-0.2, 0) is 9.84 Å². The van der Waals surface area contributed by atoms with Crippen LogP contribution < -0.4 is 0 Å². The normalized spacial score (nSPS) is 15.9. The zero-order chi connectivity index (χ0) is 13.9. The SMILES string of the molecule is CC(C)(C)C(Br)CCCCS(=O)(=O)C(C)(C)C. The van der Waals surface area contributed by atoms with Crippen molar-refractivity contribution < 1.29 is 8.42 Å². The molecule has 0 N–H and O–H groups in total. The zero-order valence-corrected chi connectivity index (χ0v) is 14.4. The first-order valence-corrected chi connectivity index (χ1v) is 8.81. The van der Waals surface area contributed by atoms with Crippen molar-refractivity contribution in [3.8, 4) is 0 Å². The summed E-state index contributed by atoms with van der Waals surface area (Å²) in [5, 5.41) is 0. The van der Waals surface area contributed by atoms with E-state index in [1.807, 2.05) is 0 Å². The largest absolute Gasteiger partial charge is 0.228 e. The van der Waals surface area contributed by atoms with E-state index in [1.54, 1.807) is 20.8 Å². The molecule has 0 spiro atoms. The van der Waals surface area contributed by atoms with Crippen molar-refractivity contribution in [2.75, 3.05) is 5.75 Å². The third-order valence-electron chi connectivity index (χ3n) is 2.99. The van der Waals surface area contributed by atoms with Crippen molar-refractivity contribution in [2.45, 2.75) is 70.4 Å². The molecule has 0 saturated heterocycles. The Labute approximate surface area is 116 Å². The van der Waals surface area contributed by atoms with E-state index in [1.165, 1.54) is 0 Å². The molecule has 4 heteroatoms. The molecule has 0 saturated carbocycles. The van der Waals surface area contributed by atoms with Gasteiger partial charge in [-0.3, -0.25) is 0 Å². The van der Waals surface area contributed by atoms with E-state index in [2.05, 4.69) is 36.7 Å². The Kier molecular flexibility index (Phi) is 6.20. The van der Waals surface area contributed by atoms with Crippen LogP contribution in [0.5, 0.6) is 0 Å². The van der Waals surface area contributed by atoms with Gasteiger partial charge in [0.25, 0.3) is 0 Å². The average molecular weight is 327 g/mol. The van der Waals surface area contributed by atoms with Crippen molar-refractivity contribution in [3.05, 3.63) is 0 Å². The minimum Gasteiger partial charge on any atom is -0.228 e. The molecule has 104 valence electrons. The van der Waals surface area contributed by atoms with Gasteiger partial charge in [-0.2, -0.15) is 0 Å². The van der Waals surface area contributed by atoms with Crippen molar-refractivity contribution in [1.29, 1.82) is 0 Å². The van der Waals surface area contributed by atoms with Gasteiger partial charge in [-0.15, -0.1) is 0 Å². The number of alkyl halides is 1. The smallest absolute Gasteiger partial charge is 0.155 e. The first-order valence-electron chi connectivity index (χ1n) is 6.24. The number of halogens is 1. The molecular weight excluding hydrogens is 300 g/mol. The second-order valence-electron chi connectivity index (χ2n) is 6.76. The Morgan fingerprint density at radius 3 is 1.82 bits per heavy atom. The molecule has 0 aromatic carbocycles. The maximum Gasteiger partial charge on any atom is 0.155 e. The highest BCUT2D eigenvalue weighted by molar-refractivity contribution is 9.09. The van der Waals surface area contributed by atoms with Crippen molar-refractivity contribution in [1.82, 2.24) is 0 Å². The van der Waals surface area contributed by atoms with Crippen LogP contribution in [0.3, 0.4) is 0 Å². The monoisotopic (exact) mass is 326 g/mol. The Balaban J connectivity index is 4.04. The lowest BCUT2D eigenvalue weighted by Crippen LogP contribution is -2.30. The van der Waals surface area contributed by atoms with Gasteiger partial charge in [-0.25, -0.2) is 8.42 Å². The maximum absolute atomic E-state index is 11.9. The molecular formula is C13H27BrO2S. The van der Waals surface area contributed by atoms with Crippen LogP contribution in [0.1, 0.15) is 60.8 Å². The lowest BCUT2D eigenvalue weighted by atomic mass is 9.89. The van der Waals surface area contributed by atoms with E-state index in [-0.39, 0.29) is 5.41 Å². The van der Waals surface area contributed by atoms with Gasteiger partial charge in [-0.05, 0) is 39.0 Å². The zero-order valence-electron chi connectivity index (χ0n) is 12.0. The predicted octanol–water partition coefficient (Wildman–Crippen LogP) is 4.18. The molecule has 0 bridgehead atoms. The minimum atomic E-state index is -2.95. The summed E-state index contributed by atoms with van der Waals surface area (Å²) in [5.74, 6) is 0.306. The third kappa shape index (κ3) is 6.23. The summed E-state index contributed by atoms with van der Waals surface area (Å²) in [6, 6.07) is 0. The quantitative estimate of drug-likeness (QED) is 0.561. The van der Waals surface area contributed by atoms with Gasteiger partial charge in [0.2, 0.25) is 0 Å². The van der Waals surface area contributed by atoms with Gasteiger partial charge in [0.1, 0.15) is 0 Å². The van der Waals surface area contributed by atoms with E-state index in [0.29, 0.717) is 10.6 Å². The lowest BCUT2D eigenvalue weighted by Gasteiger charge is -2.25. The second kappa shape index (κ2) is 6.05. The number of hydrogen-bond acceptors (Lipinski definition) is 2. The number of sulfone groups is 1. The molecule has 0 radical (unpaired) electrons. The molecule has 0 aliphatic carbocycles. The van der Waals surface area contributed by atoms with Gasteiger partial charge in [0, 0.05) is 4.83 Å². The Morgan fingerprint density at radius 2 is 1.47 bits per heavy atom. The van der Waals surface area contributed by atoms with E-state index in [9.17, 15) is 8.42 Å². The van der Waals surface area contributed by atoms with Gasteiger partial charge >= 0.3 is 0 Å². The average Bonchev–Trinajstić information content (AvgIpc) is 2.08. The fourth-order valence-electron chi connectivity index (χ4n) is 1.35. The molecule has 0 aliphatic rings. The number of hydrogen-bond donors (Lipinski definition) is 0. The third-order valence-corrected chi connectivity index (χ3v) is 7.52.